The van der Waals surface area contributed by atoms with Gasteiger partial charge < -0.3 is 14.4 Å². The van der Waals surface area contributed by atoms with E-state index in [0.717, 1.165) is 50.0 Å². The first-order valence-corrected chi connectivity index (χ1v) is 12.4. The molecule has 0 spiro atoms. The zero-order chi connectivity index (χ0) is 23.0. The SMILES string of the molecule is CCN(CC)CCN(CC1CC1)c1cc(C)nc2c1c(C)cn2-c1c(C)cc(C)cc1C. The summed E-state index contributed by atoms with van der Waals surface area (Å²) in [5, 5.41) is 1.31. The molecule has 2 aromatic heterocycles. The third kappa shape index (κ3) is 4.56. The van der Waals surface area contributed by atoms with Crippen LogP contribution in [-0.4, -0.2) is 47.2 Å². The van der Waals surface area contributed by atoms with E-state index < -0.39 is 0 Å². The summed E-state index contributed by atoms with van der Waals surface area (Å²) >= 11 is 0. The second-order valence-electron chi connectivity index (χ2n) is 9.83. The molecule has 1 aliphatic rings. The van der Waals surface area contributed by atoms with Crippen molar-refractivity contribution in [1.82, 2.24) is 14.5 Å². The Morgan fingerprint density at radius 2 is 1.56 bits per heavy atom. The van der Waals surface area contributed by atoms with Crippen molar-refractivity contribution >= 4 is 16.7 Å². The largest absolute Gasteiger partial charge is 0.369 e. The van der Waals surface area contributed by atoms with Gasteiger partial charge in [0, 0.05) is 42.6 Å². The van der Waals surface area contributed by atoms with Crippen LogP contribution in [0.1, 0.15) is 54.6 Å². The van der Waals surface area contributed by atoms with Gasteiger partial charge in [-0.1, -0.05) is 31.5 Å². The average molecular weight is 433 g/mol. The number of benzene rings is 1. The van der Waals surface area contributed by atoms with Crippen LogP contribution in [0, 0.1) is 40.5 Å². The molecule has 3 aromatic rings. The lowest BCUT2D eigenvalue weighted by atomic mass is 10.1. The molecule has 1 aliphatic carbocycles. The van der Waals surface area contributed by atoms with Gasteiger partial charge in [0.2, 0.25) is 0 Å². The highest BCUT2D eigenvalue weighted by molar-refractivity contribution is 5.95. The number of aromatic nitrogens is 2. The monoisotopic (exact) mass is 432 g/mol. The molecular formula is C28H40N4. The molecule has 4 heteroatoms. The fourth-order valence-electron chi connectivity index (χ4n) is 5.21. The second-order valence-corrected chi connectivity index (χ2v) is 9.83. The lowest BCUT2D eigenvalue weighted by molar-refractivity contribution is 0.309. The van der Waals surface area contributed by atoms with Crippen LogP contribution in [0.2, 0.25) is 0 Å². The van der Waals surface area contributed by atoms with Crippen molar-refractivity contribution in [2.75, 3.05) is 37.6 Å². The molecular weight excluding hydrogens is 392 g/mol. The molecule has 4 rings (SSSR count). The Morgan fingerprint density at radius 1 is 0.906 bits per heavy atom. The van der Waals surface area contributed by atoms with Crippen LogP contribution in [0.25, 0.3) is 16.7 Å². The quantitative estimate of drug-likeness (QED) is 0.407. The first kappa shape index (κ1) is 22.8. The molecule has 4 nitrogen and oxygen atoms in total. The summed E-state index contributed by atoms with van der Waals surface area (Å²) in [5.74, 6) is 0.846. The van der Waals surface area contributed by atoms with Crippen molar-refractivity contribution in [1.29, 1.82) is 0 Å². The molecule has 0 unspecified atom stereocenters. The summed E-state index contributed by atoms with van der Waals surface area (Å²) in [4.78, 5) is 10.3. The highest BCUT2D eigenvalue weighted by Gasteiger charge is 2.27. The molecule has 32 heavy (non-hydrogen) atoms. The van der Waals surface area contributed by atoms with Gasteiger partial charge in [-0.15, -0.1) is 0 Å². The van der Waals surface area contributed by atoms with Crippen molar-refractivity contribution < 1.29 is 0 Å². The summed E-state index contributed by atoms with van der Waals surface area (Å²) in [6, 6.07) is 6.88. The Labute approximate surface area is 194 Å². The lowest BCUT2D eigenvalue weighted by Gasteiger charge is -2.29. The third-order valence-electron chi connectivity index (χ3n) is 7.03. The van der Waals surface area contributed by atoms with Crippen LogP contribution >= 0.6 is 0 Å². The van der Waals surface area contributed by atoms with E-state index >= 15 is 0 Å². The van der Waals surface area contributed by atoms with E-state index in [0.29, 0.717) is 0 Å². The zero-order valence-corrected chi connectivity index (χ0v) is 21.1. The van der Waals surface area contributed by atoms with E-state index in [2.05, 4.69) is 87.2 Å². The highest BCUT2D eigenvalue weighted by atomic mass is 15.2. The standard InChI is InChI=1S/C28H40N4/c1-8-30(9-2)12-13-31(18-24-10-11-24)25-16-23(7)29-28-26(25)22(6)17-32(28)27-20(4)14-19(3)15-21(27)5/h14-17,24H,8-13,18H2,1-7H3. The van der Waals surface area contributed by atoms with Gasteiger partial charge in [-0.25, -0.2) is 4.98 Å². The van der Waals surface area contributed by atoms with Gasteiger partial charge in [-0.2, -0.15) is 0 Å². The molecule has 172 valence electrons. The van der Waals surface area contributed by atoms with E-state index in [1.807, 2.05) is 0 Å². The predicted molar refractivity (Wildman–Crippen MR) is 137 cm³/mol. The van der Waals surface area contributed by atoms with Crippen molar-refractivity contribution in [2.45, 2.75) is 61.3 Å². The van der Waals surface area contributed by atoms with Crippen molar-refractivity contribution in [2.24, 2.45) is 5.92 Å². The Balaban J connectivity index is 1.83. The number of hydrogen-bond donors (Lipinski definition) is 0. The topological polar surface area (TPSA) is 24.3 Å². The van der Waals surface area contributed by atoms with Gasteiger partial charge in [0.15, 0.2) is 0 Å². The highest BCUT2D eigenvalue weighted by Crippen LogP contribution is 2.37. The first-order chi connectivity index (χ1) is 15.3. The minimum atomic E-state index is 0.846. The fourth-order valence-corrected chi connectivity index (χ4v) is 5.21. The number of aryl methyl sites for hydroxylation is 5. The van der Waals surface area contributed by atoms with Gasteiger partial charge in [-0.05, 0) is 89.2 Å². The molecule has 0 aliphatic heterocycles. The zero-order valence-electron chi connectivity index (χ0n) is 21.1. The minimum Gasteiger partial charge on any atom is -0.369 e. The van der Waals surface area contributed by atoms with Crippen LogP contribution in [0.3, 0.4) is 0 Å². The molecule has 0 atom stereocenters. The number of fused-ring (bicyclic) bond motifs is 1. The smallest absolute Gasteiger partial charge is 0.147 e. The maximum atomic E-state index is 5.07. The summed E-state index contributed by atoms with van der Waals surface area (Å²) in [6.45, 7) is 21.1. The van der Waals surface area contributed by atoms with E-state index in [1.54, 1.807) is 0 Å². The van der Waals surface area contributed by atoms with Crippen LogP contribution in [0.5, 0.6) is 0 Å². The minimum absolute atomic E-state index is 0.846. The van der Waals surface area contributed by atoms with Crippen molar-refractivity contribution in [3.8, 4) is 5.69 Å². The van der Waals surface area contributed by atoms with Crippen molar-refractivity contribution in [3.05, 3.63) is 52.3 Å². The number of anilines is 1. The van der Waals surface area contributed by atoms with Crippen LogP contribution < -0.4 is 4.90 Å². The van der Waals surface area contributed by atoms with E-state index in [-0.39, 0.29) is 0 Å². The number of nitrogens with zero attached hydrogens (tertiary/aromatic N) is 4. The Morgan fingerprint density at radius 3 is 2.16 bits per heavy atom. The van der Waals surface area contributed by atoms with Gasteiger partial charge in [0.25, 0.3) is 0 Å². The lowest BCUT2D eigenvalue weighted by Crippen LogP contribution is -2.36. The van der Waals surface area contributed by atoms with E-state index in [4.69, 9.17) is 4.98 Å². The van der Waals surface area contributed by atoms with Gasteiger partial charge >= 0.3 is 0 Å². The third-order valence-corrected chi connectivity index (χ3v) is 7.03. The Kier molecular flexibility index (Phi) is 6.62. The maximum Gasteiger partial charge on any atom is 0.147 e. The van der Waals surface area contributed by atoms with Crippen molar-refractivity contribution in [3.63, 3.8) is 0 Å². The molecule has 1 aromatic carbocycles. The number of hydrogen-bond acceptors (Lipinski definition) is 3. The van der Waals surface area contributed by atoms with Gasteiger partial charge in [-0.3, -0.25) is 0 Å². The molecule has 2 heterocycles. The molecule has 1 fully saturated rings. The Bertz CT molecular complexity index is 1080. The average Bonchev–Trinajstić information content (AvgIpc) is 3.49. The summed E-state index contributed by atoms with van der Waals surface area (Å²) in [5.41, 5.74) is 10.1. The van der Waals surface area contributed by atoms with Crippen LogP contribution in [0.15, 0.2) is 24.4 Å². The fraction of sp³-hybridized carbons (Fsp3) is 0.536. The molecule has 1 saturated carbocycles. The second kappa shape index (κ2) is 9.27. The molecule has 0 radical (unpaired) electrons. The normalized spacial score (nSPS) is 14.0. The summed E-state index contributed by atoms with van der Waals surface area (Å²) in [7, 11) is 0. The molecule has 0 saturated heterocycles. The first-order valence-electron chi connectivity index (χ1n) is 12.4. The van der Waals surface area contributed by atoms with E-state index in [1.165, 1.54) is 51.9 Å². The predicted octanol–water partition coefficient (Wildman–Crippen LogP) is 6.13. The van der Waals surface area contributed by atoms with Crippen LogP contribution in [0.4, 0.5) is 5.69 Å². The number of rotatable bonds is 9. The maximum absolute atomic E-state index is 5.07. The van der Waals surface area contributed by atoms with Gasteiger partial charge in [0.1, 0.15) is 5.65 Å². The number of likely N-dealkylation sites (N-methyl/N-ethyl adjacent to an activating group) is 1. The molecule has 0 amide bonds. The van der Waals surface area contributed by atoms with Gasteiger partial charge in [0.05, 0.1) is 5.69 Å². The van der Waals surface area contributed by atoms with E-state index in [9.17, 15) is 0 Å². The summed E-state index contributed by atoms with van der Waals surface area (Å²) < 4.78 is 2.34. The summed E-state index contributed by atoms with van der Waals surface area (Å²) in [6.07, 6.45) is 5.04. The number of pyridine rings is 1. The molecule has 0 N–H and O–H groups in total. The molecule has 0 bridgehead atoms. The Hall–Kier alpha value is -2.33. The van der Waals surface area contributed by atoms with Crippen LogP contribution in [-0.2, 0) is 0 Å².